The van der Waals surface area contributed by atoms with E-state index in [4.69, 9.17) is 5.73 Å². The Morgan fingerprint density at radius 2 is 2.40 bits per heavy atom. The Kier molecular flexibility index (Phi) is 4.83. The third kappa shape index (κ3) is 4.60. The first-order valence-corrected chi connectivity index (χ1v) is 5.19. The molecular formula is C10H18N4O. The van der Waals surface area contributed by atoms with Crippen LogP contribution in [0.3, 0.4) is 0 Å². The van der Waals surface area contributed by atoms with E-state index in [1.165, 1.54) is 6.92 Å². The lowest BCUT2D eigenvalue weighted by Gasteiger charge is -1.99. The molecule has 1 aromatic rings. The number of hydrogen-bond acceptors (Lipinski definition) is 3. The monoisotopic (exact) mass is 210 g/mol. The predicted octanol–water partition coefficient (Wildman–Crippen LogP) is -0.0204. The van der Waals surface area contributed by atoms with Gasteiger partial charge in [0.15, 0.2) is 0 Å². The van der Waals surface area contributed by atoms with Crippen molar-refractivity contribution in [2.45, 2.75) is 26.2 Å². The van der Waals surface area contributed by atoms with Crippen LogP contribution in [0.15, 0.2) is 6.20 Å². The fraction of sp³-hybridized carbons (Fsp3) is 0.600. The van der Waals surface area contributed by atoms with Crippen molar-refractivity contribution < 1.29 is 4.79 Å². The Bertz CT molecular complexity index is 308. The minimum atomic E-state index is -0.00197. The van der Waals surface area contributed by atoms with Crippen LogP contribution in [-0.4, -0.2) is 29.0 Å². The summed E-state index contributed by atoms with van der Waals surface area (Å²) in [5.41, 5.74) is 6.46. The molecule has 1 rings (SSSR count). The van der Waals surface area contributed by atoms with Crippen LogP contribution >= 0.6 is 0 Å². The lowest BCUT2D eigenvalue weighted by Crippen LogP contribution is -2.22. The number of rotatable bonds is 6. The first kappa shape index (κ1) is 11.7. The van der Waals surface area contributed by atoms with Gasteiger partial charge in [0.25, 0.3) is 0 Å². The Balaban J connectivity index is 2.29. The fourth-order valence-corrected chi connectivity index (χ4v) is 1.30. The zero-order valence-corrected chi connectivity index (χ0v) is 9.05. The van der Waals surface area contributed by atoms with E-state index >= 15 is 0 Å². The highest BCUT2D eigenvalue weighted by Crippen LogP contribution is 2.00. The number of H-pyrrole nitrogens is 1. The molecule has 0 bridgehead atoms. The van der Waals surface area contributed by atoms with Crippen molar-refractivity contribution in [2.75, 3.05) is 13.1 Å². The summed E-state index contributed by atoms with van der Waals surface area (Å²) in [6.07, 6.45) is 4.43. The minimum Gasteiger partial charge on any atom is -0.356 e. The molecule has 1 amide bonds. The zero-order valence-electron chi connectivity index (χ0n) is 9.05. The Morgan fingerprint density at radius 3 is 3.07 bits per heavy atom. The van der Waals surface area contributed by atoms with Crippen LogP contribution in [0.5, 0.6) is 0 Å². The quantitative estimate of drug-likeness (QED) is 0.617. The second-order valence-electron chi connectivity index (χ2n) is 3.48. The van der Waals surface area contributed by atoms with Crippen LogP contribution in [0.2, 0.25) is 0 Å². The maximum absolute atomic E-state index is 10.6. The van der Waals surface area contributed by atoms with Gasteiger partial charge in [-0.05, 0) is 13.0 Å². The second-order valence-corrected chi connectivity index (χ2v) is 3.48. The molecule has 0 radical (unpaired) electrons. The molecule has 0 unspecified atom stereocenters. The van der Waals surface area contributed by atoms with Crippen molar-refractivity contribution in [2.24, 2.45) is 5.73 Å². The molecule has 1 aromatic heterocycles. The van der Waals surface area contributed by atoms with Gasteiger partial charge in [-0.1, -0.05) is 0 Å². The summed E-state index contributed by atoms with van der Waals surface area (Å²) in [6, 6.07) is 0. The number of nitrogens with one attached hydrogen (secondary N) is 2. The van der Waals surface area contributed by atoms with Crippen LogP contribution in [0, 0.1) is 0 Å². The number of aryl methyl sites for hydroxylation is 1. The van der Waals surface area contributed by atoms with Crippen LogP contribution < -0.4 is 11.1 Å². The molecular weight excluding hydrogens is 192 g/mol. The Labute approximate surface area is 89.5 Å². The topological polar surface area (TPSA) is 83.8 Å². The molecule has 84 valence electrons. The van der Waals surface area contributed by atoms with E-state index < -0.39 is 0 Å². The molecule has 0 atom stereocenters. The van der Waals surface area contributed by atoms with Crippen LogP contribution in [0.25, 0.3) is 0 Å². The molecule has 0 aliphatic heterocycles. The molecule has 1 heterocycles. The number of imidazole rings is 1. The van der Waals surface area contributed by atoms with E-state index in [1.54, 1.807) is 0 Å². The van der Waals surface area contributed by atoms with Crippen LogP contribution in [0.1, 0.15) is 24.9 Å². The highest BCUT2D eigenvalue weighted by atomic mass is 16.1. The Morgan fingerprint density at radius 1 is 1.60 bits per heavy atom. The first-order valence-electron chi connectivity index (χ1n) is 5.19. The predicted molar refractivity (Wildman–Crippen MR) is 58.4 cm³/mol. The van der Waals surface area contributed by atoms with E-state index in [9.17, 15) is 4.79 Å². The van der Waals surface area contributed by atoms with Crippen LogP contribution in [-0.2, 0) is 17.6 Å². The summed E-state index contributed by atoms with van der Waals surface area (Å²) >= 11 is 0. The van der Waals surface area contributed by atoms with Gasteiger partial charge in [0, 0.05) is 38.2 Å². The molecule has 0 saturated carbocycles. The average Bonchev–Trinajstić information content (AvgIpc) is 2.62. The van der Waals surface area contributed by atoms with Gasteiger partial charge in [-0.3, -0.25) is 4.79 Å². The molecule has 0 aliphatic rings. The van der Waals surface area contributed by atoms with Gasteiger partial charge in [0.05, 0.1) is 0 Å². The van der Waals surface area contributed by atoms with Gasteiger partial charge in [0.1, 0.15) is 5.82 Å². The summed E-state index contributed by atoms with van der Waals surface area (Å²) in [4.78, 5) is 18.1. The summed E-state index contributed by atoms with van der Waals surface area (Å²) in [6.45, 7) is 2.84. The highest BCUT2D eigenvalue weighted by molar-refractivity contribution is 5.72. The van der Waals surface area contributed by atoms with Crippen molar-refractivity contribution in [3.8, 4) is 0 Å². The smallest absolute Gasteiger partial charge is 0.216 e. The van der Waals surface area contributed by atoms with Crippen molar-refractivity contribution >= 4 is 5.91 Å². The standard InChI is InChI=1S/C10H18N4O/c1-8(15)12-6-4-9-7-13-10(14-9)3-2-5-11/h7H,2-6,11H2,1H3,(H,12,15)(H,13,14). The van der Waals surface area contributed by atoms with Gasteiger partial charge in [-0.15, -0.1) is 0 Å². The first-order chi connectivity index (χ1) is 7.22. The number of nitrogens with zero attached hydrogens (tertiary/aromatic N) is 1. The summed E-state index contributed by atoms with van der Waals surface area (Å²) in [7, 11) is 0. The number of hydrogen-bond donors (Lipinski definition) is 3. The maximum Gasteiger partial charge on any atom is 0.216 e. The van der Waals surface area contributed by atoms with Gasteiger partial charge in [0.2, 0.25) is 5.91 Å². The van der Waals surface area contributed by atoms with Gasteiger partial charge >= 0.3 is 0 Å². The van der Waals surface area contributed by atoms with E-state index in [1.807, 2.05) is 6.20 Å². The average molecular weight is 210 g/mol. The van der Waals surface area contributed by atoms with Crippen molar-refractivity contribution in [3.05, 3.63) is 17.7 Å². The highest BCUT2D eigenvalue weighted by Gasteiger charge is 2.00. The normalized spacial score (nSPS) is 10.3. The molecule has 5 nitrogen and oxygen atoms in total. The lowest BCUT2D eigenvalue weighted by molar-refractivity contribution is -0.118. The fourth-order valence-electron chi connectivity index (χ4n) is 1.30. The molecule has 0 saturated heterocycles. The minimum absolute atomic E-state index is 0.00197. The third-order valence-corrected chi connectivity index (χ3v) is 2.07. The molecule has 0 spiro atoms. The Hall–Kier alpha value is -1.36. The second kappa shape index (κ2) is 6.19. The number of aromatic amines is 1. The zero-order chi connectivity index (χ0) is 11.1. The number of amides is 1. The van der Waals surface area contributed by atoms with Crippen molar-refractivity contribution in [1.82, 2.24) is 15.3 Å². The SMILES string of the molecule is CC(=O)NCCc1cnc(CCCN)[nH]1. The molecule has 0 aliphatic carbocycles. The van der Waals surface area contributed by atoms with E-state index in [2.05, 4.69) is 15.3 Å². The van der Waals surface area contributed by atoms with E-state index in [0.717, 1.165) is 30.8 Å². The van der Waals surface area contributed by atoms with Crippen molar-refractivity contribution in [3.63, 3.8) is 0 Å². The van der Waals surface area contributed by atoms with Gasteiger partial charge in [-0.2, -0.15) is 0 Å². The third-order valence-electron chi connectivity index (χ3n) is 2.07. The molecule has 0 aromatic carbocycles. The molecule has 5 heteroatoms. The number of nitrogens with two attached hydrogens (primary N) is 1. The van der Waals surface area contributed by atoms with Gasteiger partial charge in [-0.25, -0.2) is 4.98 Å². The molecule has 0 fully saturated rings. The number of carbonyl (C=O) groups is 1. The van der Waals surface area contributed by atoms with Gasteiger partial charge < -0.3 is 16.0 Å². The van der Waals surface area contributed by atoms with Crippen molar-refractivity contribution in [1.29, 1.82) is 0 Å². The molecule has 15 heavy (non-hydrogen) atoms. The van der Waals surface area contributed by atoms with Crippen LogP contribution in [0.4, 0.5) is 0 Å². The lowest BCUT2D eigenvalue weighted by atomic mass is 10.3. The summed E-state index contributed by atoms with van der Waals surface area (Å²) in [5.74, 6) is 0.969. The molecule has 4 N–H and O–H groups in total. The summed E-state index contributed by atoms with van der Waals surface area (Å²) in [5, 5.41) is 2.74. The maximum atomic E-state index is 10.6. The number of aromatic nitrogens is 2. The number of carbonyl (C=O) groups excluding carboxylic acids is 1. The van der Waals surface area contributed by atoms with E-state index in [-0.39, 0.29) is 5.91 Å². The largest absolute Gasteiger partial charge is 0.356 e. The summed E-state index contributed by atoms with van der Waals surface area (Å²) < 4.78 is 0. The van der Waals surface area contributed by atoms with E-state index in [0.29, 0.717) is 13.1 Å².